The Bertz CT molecular complexity index is 765. The van der Waals surface area contributed by atoms with Crippen molar-refractivity contribution in [1.29, 1.82) is 0 Å². The Hall–Kier alpha value is -3.09. The highest BCUT2D eigenvalue weighted by molar-refractivity contribution is 5.93. The van der Waals surface area contributed by atoms with E-state index < -0.39 is 0 Å². The number of nitrogens with one attached hydrogen (secondary N) is 2. The fraction of sp³-hybridized carbons (Fsp3) is 0.350. The van der Waals surface area contributed by atoms with E-state index in [4.69, 9.17) is 18.9 Å². The van der Waals surface area contributed by atoms with E-state index in [1.807, 2.05) is 49.4 Å². The molecule has 0 fully saturated rings. The molecule has 0 saturated heterocycles. The van der Waals surface area contributed by atoms with Crippen molar-refractivity contribution in [2.75, 3.05) is 40.2 Å². The third kappa shape index (κ3) is 5.99. The lowest BCUT2D eigenvalue weighted by molar-refractivity contribution is 0.223. The summed E-state index contributed by atoms with van der Waals surface area (Å²) in [4.78, 5) is 4.23. The highest BCUT2D eigenvalue weighted by atomic mass is 16.5. The molecule has 2 rings (SSSR count). The molecule has 7 nitrogen and oxygen atoms in total. The van der Waals surface area contributed by atoms with E-state index in [0.29, 0.717) is 24.0 Å². The van der Waals surface area contributed by atoms with Crippen LogP contribution in [-0.2, 0) is 0 Å². The van der Waals surface area contributed by atoms with Gasteiger partial charge in [-0.2, -0.15) is 0 Å². The molecule has 7 heteroatoms. The van der Waals surface area contributed by atoms with Gasteiger partial charge in [-0.1, -0.05) is 6.07 Å². The Kier molecular flexibility index (Phi) is 7.61. The average molecular weight is 373 g/mol. The molecule has 2 aromatic rings. The maximum Gasteiger partial charge on any atom is 0.195 e. The summed E-state index contributed by atoms with van der Waals surface area (Å²) in [6.07, 6.45) is -0.0685. The molecule has 2 aromatic carbocycles. The Morgan fingerprint density at radius 1 is 0.963 bits per heavy atom. The molecule has 0 heterocycles. The van der Waals surface area contributed by atoms with E-state index in [0.717, 1.165) is 17.2 Å². The van der Waals surface area contributed by atoms with Crippen LogP contribution < -0.4 is 29.6 Å². The Labute approximate surface area is 160 Å². The number of ether oxygens (including phenoxy) is 4. The highest BCUT2D eigenvalue weighted by Crippen LogP contribution is 2.29. The number of anilines is 1. The molecule has 0 saturated carbocycles. The number of nitrogens with zero attached hydrogens (tertiary/aromatic N) is 1. The van der Waals surface area contributed by atoms with Gasteiger partial charge in [0.1, 0.15) is 17.6 Å². The number of rotatable bonds is 8. The van der Waals surface area contributed by atoms with E-state index >= 15 is 0 Å². The SMILES string of the molecule is CN=C(NCC(C)Oc1cccc(OC)c1)Nc1ccc(OC)c(OC)c1. The molecule has 0 spiro atoms. The van der Waals surface area contributed by atoms with E-state index in [1.54, 1.807) is 28.4 Å². The van der Waals surface area contributed by atoms with Gasteiger partial charge in [0, 0.05) is 24.9 Å². The summed E-state index contributed by atoms with van der Waals surface area (Å²) in [7, 11) is 6.55. The molecule has 0 aliphatic carbocycles. The molecule has 0 radical (unpaired) electrons. The zero-order valence-corrected chi connectivity index (χ0v) is 16.4. The third-order valence-corrected chi connectivity index (χ3v) is 3.81. The predicted octanol–water partition coefficient (Wildman–Crippen LogP) is 3.17. The summed E-state index contributed by atoms with van der Waals surface area (Å²) in [6, 6.07) is 13.1. The minimum Gasteiger partial charge on any atom is -0.497 e. The van der Waals surface area contributed by atoms with Crippen molar-refractivity contribution in [3.8, 4) is 23.0 Å². The smallest absolute Gasteiger partial charge is 0.195 e. The minimum atomic E-state index is -0.0685. The molecule has 0 amide bonds. The Morgan fingerprint density at radius 3 is 2.37 bits per heavy atom. The van der Waals surface area contributed by atoms with Crippen LogP contribution in [0.2, 0.25) is 0 Å². The average Bonchev–Trinajstić information content (AvgIpc) is 2.70. The number of hydrogen-bond acceptors (Lipinski definition) is 5. The lowest BCUT2D eigenvalue weighted by Crippen LogP contribution is -2.37. The van der Waals surface area contributed by atoms with Crippen LogP contribution in [0.3, 0.4) is 0 Å². The summed E-state index contributed by atoms with van der Waals surface area (Å²) >= 11 is 0. The van der Waals surface area contributed by atoms with Gasteiger partial charge in [0.25, 0.3) is 0 Å². The first kappa shape index (κ1) is 20.2. The fourth-order valence-corrected chi connectivity index (χ4v) is 2.42. The summed E-state index contributed by atoms with van der Waals surface area (Å²) in [5.41, 5.74) is 0.835. The third-order valence-electron chi connectivity index (χ3n) is 3.81. The van der Waals surface area contributed by atoms with Crippen molar-refractivity contribution in [1.82, 2.24) is 5.32 Å². The molecule has 0 aliphatic rings. The first-order valence-electron chi connectivity index (χ1n) is 8.60. The molecule has 0 aromatic heterocycles. The van der Waals surface area contributed by atoms with Gasteiger partial charge < -0.3 is 29.6 Å². The maximum absolute atomic E-state index is 5.91. The number of guanidine groups is 1. The van der Waals surface area contributed by atoms with Crippen molar-refractivity contribution >= 4 is 11.6 Å². The van der Waals surface area contributed by atoms with Gasteiger partial charge >= 0.3 is 0 Å². The van der Waals surface area contributed by atoms with Crippen LogP contribution >= 0.6 is 0 Å². The second-order valence-electron chi connectivity index (χ2n) is 5.76. The van der Waals surface area contributed by atoms with Crippen LogP contribution in [0, 0.1) is 0 Å². The molecule has 0 bridgehead atoms. The summed E-state index contributed by atoms with van der Waals surface area (Å²) < 4.78 is 21.7. The van der Waals surface area contributed by atoms with Crippen molar-refractivity contribution in [2.24, 2.45) is 4.99 Å². The first-order valence-corrected chi connectivity index (χ1v) is 8.60. The molecule has 0 aliphatic heterocycles. The zero-order valence-electron chi connectivity index (χ0n) is 16.4. The second kappa shape index (κ2) is 10.2. The topological polar surface area (TPSA) is 73.3 Å². The highest BCUT2D eigenvalue weighted by Gasteiger charge is 2.09. The molecule has 146 valence electrons. The molecule has 27 heavy (non-hydrogen) atoms. The normalized spacial score (nSPS) is 12.1. The van der Waals surface area contributed by atoms with Gasteiger partial charge in [0.2, 0.25) is 0 Å². The molecular weight excluding hydrogens is 346 g/mol. The maximum atomic E-state index is 5.91. The molecule has 1 atom stereocenters. The van der Waals surface area contributed by atoms with Crippen molar-refractivity contribution in [3.05, 3.63) is 42.5 Å². The van der Waals surface area contributed by atoms with Crippen LogP contribution in [0.25, 0.3) is 0 Å². The Morgan fingerprint density at radius 2 is 1.70 bits per heavy atom. The summed E-state index contributed by atoms with van der Waals surface area (Å²) in [6.45, 7) is 2.56. The van der Waals surface area contributed by atoms with Gasteiger partial charge in [0.05, 0.1) is 27.9 Å². The van der Waals surface area contributed by atoms with Crippen molar-refractivity contribution < 1.29 is 18.9 Å². The number of hydrogen-bond donors (Lipinski definition) is 2. The van der Waals surface area contributed by atoms with E-state index in [1.165, 1.54) is 0 Å². The fourth-order valence-electron chi connectivity index (χ4n) is 2.42. The van der Waals surface area contributed by atoms with Crippen molar-refractivity contribution in [3.63, 3.8) is 0 Å². The predicted molar refractivity (Wildman–Crippen MR) is 108 cm³/mol. The monoisotopic (exact) mass is 373 g/mol. The quantitative estimate of drug-likeness (QED) is 0.547. The van der Waals surface area contributed by atoms with Gasteiger partial charge in [-0.05, 0) is 31.2 Å². The van der Waals surface area contributed by atoms with Gasteiger partial charge in [-0.25, -0.2) is 0 Å². The second-order valence-corrected chi connectivity index (χ2v) is 5.76. The van der Waals surface area contributed by atoms with E-state index in [-0.39, 0.29) is 6.10 Å². The van der Waals surface area contributed by atoms with Crippen LogP contribution in [0.5, 0.6) is 23.0 Å². The largest absolute Gasteiger partial charge is 0.497 e. The molecular formula is C20H27N3O4. The summed E-state index contributed by atoms with van der Waals surface area (Å²) in [5.74, 6) is 3.47. The lowest BCUT2D eigenvalue weighted by atomic mass is 10.2. The number of methoxy groups -OCH3 is 3. The molecule has 2 N–H and O–H groups in total. The zero-order chi connectivity index (χ0) is 19.6. The number of aliphatic imine (C=N–C) groups is 1. The van der Waals surface area contributed by atoms with Gasteiger partial charge in [-0.15, -0.1) is 0 Å². The van der Waals surface area contributed by atoms with Crippen LogP contribution in [-0.4, -0.2) is 47.0 Å². The van der Waals surface area contributed by atoms with E-state index in [2.05, 4.69) is 15.6 Å². The van der Waals surface area contributed by atoms with Crippen LogP contribution in [0.1, 0.15) is 6.92 Å². The minimum absolute atomic E-state index is 0.0685. The number of benzene rings is 2. The van der Waals surface area contributed by atoms with E-state index in [9.17, 15) is 0 Å². The lowest BCUT2D eigenvalue weighted by Gasteiger charge is -2.18. The van der Waals surface area contributed by atoms with Crippen LogP contribution in [0.4, 0.5) is 5.69 Å². The van der Waals surface area contributed by atoms with Gasteiger partial charge in [-0.3, -0.25) is 4.99 Å². The summed E-state index contributed by atoms with van der Waals surface area (Å²) in [5, 5.41) is 6.46. The van der Waals surface area contributed by atoms with Crippen LogP contribution in [0.15, 0.2) is 47.5 Å². The standard InChI is InChI=1S/C20H27N3O4/c1-14(27-17-8-6-7-16(12-17)24-3)13-22-20(21-2)23-15-9-10-18(25-4)19(11-15)26-5/h6-12,14H,13H2,1-5H3,(H2,21,22,23). The van der Waals surface area contributed by atoms with Gasteiger partial charge in [0.15, 0.2) is 17.5 Å². The molecule has 1 unspecified atom stereocenters. The van der Waals surface area contributed by atoms with Crippen molar-refractivity contribution in [2.45, 2.75) is 13.0 Å². The first-order chi connectivity index (χ1) is 13.1. The Balaban J connectivity index is 1.91.